The van der Waals surface area contributed by atoms with E-state index in [2.05, 4.69) is 25.6 Å². The highest BCUT2D eigenvalue weighted by Gasteiger charge is 2.26. The molecule has 0 amide bonds. The number of rotatable bonds is 3. The minimum Gasteiger partial charge on any atom is -0.361 e. The van der Waals surface area contributed by atoms with Crippen LogP contribution < -0.4 is 0 Å². The van der Waals surface area contributed by atoms with Crippen LogP contribution in [-0.4, -0.2) is 16.8 Å². The molecule has 0 unspecified atom stereocenters. The van der Waals surface area contributed by atoms with Gasteiger partial charge in [-0.1, -0.05) is 25.5 Å². The first kappa shape index (κ1) is 12.6. The van der Waals surface area contributed by atoms with E-state index in [1.165, 1.54) is 23.6 Å². The van der Waals surface area contributed by atoms with Crippen molar-refractivity contribution in [3.8, 4) is 0 Å². The molecule has 3 heteroatoms. The SMILES string of the molecule is CC1=C(/C=C/C(=O)C=[N+]=[N-])C(C)(C)CCC1. The number of carbonyl (C=O) groups is 1. The Kier molecular flexibility index (Phi) is 3.97. The molecular weight excluding hydrogens is 200 g/mol. The molecule has 86 valence electrons. The van der Waals surface area contributed by atoms with Crippen molar-refractivity contribution in [2.24, 2.45) is 5.41 Å². The Balaban J connectivity index is 2.93. The van der Waals surface area contributed by atoms with Crippen molar-refractivity contribution in [3.63, 3.8) is 0 Å². The Hall–Kier alpha value is -1.47. The lowest BCUT2D eigenvalue weighted by atomic mass is 9.72. The van der Waals surface area contributed by atoms with Crippen molar-refractivity contribution < 1.29 is 9.58 Å². The summed E-state index contributed by atoms with van der Waals surface area (Å²) in [6, 6.07) is 0. The lowest BCUT2D eigenvalue weighted by molar-refractivity contribution is -0.111. The molecule has 0 radical (unpaired) electrons. The van der Waals surface area contributed by atoms with Gasteiger partial charge in [-0.2, -0.15) is 4.79 Å². The molecule has 1 rings (SSSR count). The Morgan fingerprint density at radius 1 is 1.50 bits per heavy atom. The summed E-state index contributed by atoms with van der Waals surface area (Å²) in [6.07, 6.45) is 7.69. The number of hydrogen-bond acceptors (Lipinski definition) is 1. The molecule has 0 N–H and O–H groups in total. The van der Waals surface area contributed by atoms with E-state index in [1.54, 1.807) is 0 Å². The van der Waals surface area contributed by atoms with Crippen LogP contribution >= 0.6 is 0 Å². The maximum Gasteiger partial charge on any atom is 0.327 e. The number of allylic oxidation sites excluding steroid dienone is 4. The summed E-state index contributed by atoms with van der Waals surface area (Å²) in [6.45, 7) is 6.51. The molecule has 0 aliphatic heterocycles. The topological polar surface area (TPSA) is 53.5 Å². The zero-order valence-corrected chi connectivity index (χ0v) is 10.2. The summed E-state index contributed by atoms with van der Waals surface area (Å²) in [5.41, 5.74) is 10.9. The lowest BCUT2D eigenvalue weighted by Gasteiger charge is -2.32. The normalized spacial score (nSPS) is 19.7. The molecule has 0 aromatic heterocycles. The summed E-state index contributed by atoms with van der Waals surface area (Å²) < 4.78 is 0. The molecule has 3 nitrogen and oxygen atoms in total. The number of hydrogen-bond donors (Lipinski definition) is 0. The maximum atomic E-state index is 11.2. The maximum absolute atomic E-state index is 11.2. The first-order valence-corrected chi connectivity index (χ1v) is 5.57. The van der Waals surface area contributed by atoms with E-state index in [0.717, 1.165) is 19.1 Å². The number of carbonyl (C=O) groups excluding carboxylic acids is 1. The van der Waals surface area contributed by atoms with Gasteiger partial charge < -0.3 is 5.53 Å². The third-order valence-electron chi connectivity index (χ3n) is 3.14. The van der Waals surface area contributed by atoms with Crippen LogP contribution in [0, 0.1) is 5.41 Å². The minimum atomic E-state index is -0.288. The first-order chi connectivity index (χ1) is 7.47. The third kappa shape index (κ3) is 3.01. The highest BCUT2D eigenvalue weighted by Crippen LogP contribution is 2.40. The summed E-state index contributed by atoms with van der Waals surface area (Å²) in [5.74, 6) is -0.288. The smallest absolute Gasteiger partial charge is 0.327 e. The lowest BCUT2D eigenvalue weighted by Crippen LogP contribution is -2.19. The van der Waals surface area contributed by atoms with Gasteiger partial charge in [0.1, 0.15) is 0 Å². The van der Waals surface area contributed by atoms with Gasteiger partial charge in [0, 0.05) is 0 Å². The molecule has 0 heterocycles. The molecule has 16 heavy (non-hydrogen) atoms. The molecule has 0 atom stereocenters. The van der Waals surface area contributed by atoms with E-state index in [1.807, 2.05) is 6.08 Å². The van der Waals surface area contributed by atoms with Crippen molar-refractivity contribution in [2.45, 2.75) is 40.0 Å². The van der Waals surface area contributed by atoms with E-state index in [9.17, 15) is 4.79 Å². The summed E-state index contributed by atoms with van der Waals surface area (Å²) in [5, 5.41) is 0. The van der Waals surface area contributed by atoms with Crippen LogP contribution in [0.4, 0.5) is 0 Å². The van der Waals surface area contributed by atoms with Crippen LogP contribution in [0.2, 0.25) is 0 Å². The van der Waals surface area contributed by atoms with Crippen LogP contribution in [0.3, 0.4) is 0 Å². The highest BCUT2D eigenvalue weighted by molar-refractivity contribution is 6.30. The Labute approximate surface area is 96.5 Å². The first-order valence-electron chi connectivity index (χ1n) is 5.57. The van der Waals surface area contributed by atoms with Gasteiger partial charge in [-0.15, -0.1) is 0 Å². The molecule has 1 aliphatic rings. The second-order valence-corrected chi connectivity index (χ2v) is 4.91. The van der Waals surface area contributed by atoms with Crippen molar-refractivity contribution in [1.29, 1.82) is 0 Å². The van der Waals surface area contributed by atoms with Crippen molar-refractivity contribution >= 4 is 12.0 Å². The number of nitrogens with zero attached hydrogens (tertiary/aromatic N) is 2. The predicted molar refractivity (Wildman–Crippen MR) is 64.2 cm³/mol. The fraction of sp³-hybridized carbons (Fsp3) is 0.538. The van der Waals surface area contributed by atoms with Crippen LogP contribution in [0.25, 0.3) is 5.53 Å². The van der Waals surface area contributed by atoms with E-state index in [0.29, 0.717) is 0 Å². The Morgan fingerprint density at radius 2 is 2.19 bits per heavy atom. The second-order valence-electron chi connectivity index (χ2n) is 4.91. The second kappa shape index (κ2) is 5.04. The quantitative estimate of drug-likeness (QED) is 0.311. The van der Waals surface area contributed by atoms with Crippen molar-refractivity contribution in [1.82, 2.24) is 0 Å². The van der Waals surface area contributed by atoms with Gasteiger partial charge in [-0.25, -0.2) is 0 Å². The largest absolute Gasteiger partial charge is 0.361 e. The molecular formula is C13H18N2O. The average molecular weight is 218 g/mol. The molecule has 0 saturated heterocycles. The summed E-state index contributed by atoms with van der Waals surface area (Å²) in [4.78, 5) is 13.9. The molecule has 0 fully saturated rings. The van der Waals surface area contributed by atoms with Crippen LogP contribution in [0.15, 0.2) is 23.3 Å². The molecule has 0 aromatic carbocycles. The zero-order valence-electron chi connectivity index (χ0n) is 10.2. The van der Waals surface area contributed by atoms with Crippen molar-refractivity contribution in [3.05, 3.63) is 28.8 Å². The highest BCUT2D eigenvalue weighted by atomic mass is 16.1. The van der Waals surface area contributed by atoms with Gasteiger partial charge in [-0.3, -0.25) is 4.79 Å². The van der Waals surface area contributed by atoms with Gasteiger partial charge in [-0.05, 0) is 43.3 Å². The Bertz CT molecular complexity index is 396. The van der Waals surface area contributed by atoms with Crippen LogP contribution in [0.5, 0.6) is 0 Å². The molecule has 1 aliphatic carbocycles. The summed E-state index contributed by atoms with van der Waals surface area (Å²) in [7, 11) is 0. The number of ketones is 1. The van der Waals surface area contributed by atoms with Gasteiger partial charge in [0.05, 0.1) is 0 Å². The van der Waals surface area contributed by atoms with Crippen LogP contribution in [-0.2, 0) is 4.79 Å². The molecule has 0 saturated carbocycles. The fourth-order valence-electron chi connectivity index (χ4n) is 2.28. The zero-order chi connectivity index (χ0) is 12.2. The van der Waals surface area contributed by atoms with E-state index in [4.69, 9.17) is 5.53 Å². The van der Waals surface area contributed by atoms with Gasteiger partial charge in [0.2, 0.25) is 0 Å². The van der Waals surface area contributed by atoms with Crippen molar-refractivity contribution in [2.75, 3.05) is 0 Å². The minimum absolute atomic E-state index is 0.134. The molecule has 0 bridgehead atoms. The van der Waals surface area contributed by atoms with Crippen LogP contribution in [0.1, 0.15) is 40.0 Å². The fourth-order valence-corrected chi connectivity index (χ4v) is 2.28. The third-order valence-corrected chi connectivity index (χ3v) is 3.14. The Morgan fingerprint density at radius 3 is 2.75 bits per heavy atom. The standard InChI is InChI=1S/C13H18N2O/c1-10-5-4-8-13(2,3)12(10)7-6-11(16)9-15-14/h6-7,9H,4-5,8H2,1-3H3/b7-6+. The van der Waals surface area contributed by atoms with Gasteiger partial charge in [0.25, 0.3) is 5.78 Å². The predicted octanol–water partition coefficient (Wildman–Crippen LogP) is 2.94. The monoisotopic (exact) mass is 218 g/mol. The average Bonchev–Trinajstić information content (AvgIpc) is 2.16. The van der Waals surface area contributed by atoms with E-state index >= 15 is 0 Å². The molecule has 0 aromatic rings. The van der Waals surface area contributed by atoms with Gasteiger partial charge >= 0.3 is 6.21 Å². The summed E-state index contributed by atoms with van der Waals surface area (Å²) >= 11 is 0. The van der Waals surface area contributed by atoms with E-state index in [-0.39, 0.29) is 11.2 Å². The van der Waals surface area contributed by atoms with E-state index < -0.39 is 0 Å². The molecule has 0 spiro atoms. The van der Waals surface area contributed by atoms with Gasteiger partial charge in [0.15, 0.2) is 0 Å².